The number of nitrogens with one attached hydrogen (secondary N) is 1. The smallest absolute Gasteiger partial charge is 0.253 e. The van der Waals surface area contributed by atoms with Gasteiger partial charge in [0.25, 0.3) is 5.91 Å². The van der Waals surface area contributed by atoms with E-state index >= 15 is 0 Å². The first-order valence-electron chi connectivity index (χ1n) is 9.95. The number of hydrogen-bond acceptors (Lipinski definition) is 6. The van der Waals surface area contributed by atoms with Gasteiger partial charge in [-0.25, -0.2) is 15.0 Å². The Morgan fingerprint density at radius 2 is 2.07 bits per heavy atom. The number of piperidine rings is 1. The maximum atomic E-state index is 12.8. The quantitative estimate of drug-likeness (QED) is 0.679. The molecular formula is C22H25N5OS. The van der Waals surface area contributed by atoms with Crippen LogP contribution in [0.5, 0.6) is 0 Å². The van der Waals surface area contributed by atoms with Gasteiger partial charge < -0.3 is 10.2 Å². The van der Waals surface area contributed by atoms with Crippen molar-refractivity contribution in [2.75, 3.05) is 18.4 Å². The van der Waals surface area contributed by atoms with Crippen LogP contribution in [0.2, 0.25) is 0 Å². The Morgan fingerprint density at radius 1 is 1.24 bits per heavy atom. The van der Waals surface area contributed by atoms with Crippen LogP contribution < -0.4 is 5.32 Å². The minimum Gasteiger partial charge on any atom is -0.338 e. The predicted molar refractivity (Wildman–Crippen MR) is 116 cm³/mol. The molecule has 4 rings (SSSR count). The molecule has 1 amide bonds. The fraction of sp³-hybridized carbons (Fsp3) is 0.364. The summed E-state index contributed by atoms with van der Waals surface area (Å²) in [6.07, 6.45) is 4.82. The second-order valence-corrected chi connectivity index (χ2v) is 8.76. The van der Waals surface area contributed by atoms with Crippen molar-refractivity contribution < 1.29 is 4.79 Å². The van der Waals surface area contributed by atoms with Crippen LogP contribution >= 0.6 is 11.3 Å². The number of nitrogens with zero attached hydrogens (tertiary/aromatic N) is 4. The molecule has 0 spiro atoms. The van der Waals surface area contributed by atoms with Crippen molar-refractivity contribution in [1.82, 2.24) is 19.9 Å². The average Bonchev–Trinajstić information content (AvgIpc) is 3.12. The van der Waals surface area contributed by atoms with Gasteiger partial charge >= 0.3 is 0 Å². The summed E-state index contributed by atoms with van der Waals surface area (Å²) in [4.78, 5) is 29.4. The number of rotatable bonds is 5. The first kappa shape index (κ1) is 19.5. The molecule has 150 valence electrons. The lowest BCUT2D eigenvalue weighted by molar-refractivity contribution is 0.0672. The molecular weight excluding hydrogens is 382 g/mol. The SMILES string of the molecule is Cc1nc(C[C@H]2CCCN(C(=O)c3ccccc3)C2)cc(Nc2ncc(C)s2)n1. The van der Waals surface area contributed by atoms with Crippen LogP contribution in [0.25, 0.3) is 0 Å². The normalized spacial score (nSPS) is 16.6. The van der Waals surface area contributed by atoms with Gasteiger partial charge in [-0.05, 0) is 51.2 Å². The Bertz CT molecular complexity index is 988. The molecule has 1 aliphatic heterocycles. The molecule has 1 atom stereocenters. The average molecular weight is 408 g/mol. The van der Waals surface area contributed by atoms with Gasteiger partial charge in [-0.1, -0.05) is 18.2 Å². The minimum absolute atomic E-state index is 0.121. The third-order valence-corrected chi connectivity index (χ3v) is 5.90. The fourth-order valence-electron chi connectivity index (χ4n) is 3.80. The molecule has 7 heteroatoms. The van der Waals surface area contributed by atoms with Crippen LogP contribution in [-0.4, -0.2) is 38.8 Å². The molecule has 0 aliphatic carbocycles. The largest absolute Gasteiger partial charge is 0.338 e. The van der Waals surface area contributed by atoms with Gasteiger partial charge in [0.1, 0.15) is 11.6 Å². The maximum Gasteiger partial charge on any atom is 0.253 e. The van der Waals surface area contributed by atoms with Gasteiger partial charge in [0.15, 0.2) is 5.13 Å². The van der Waals surface area contributed by atoms with Gasteiger partial charge in [0.05, 0.1) is 0 Å². The highest BCUT2D eigenvalue weighted by Gasteiger charge is 2.25. The monoisotopic (exact) mass is 407 g/mol. The van der Waals surface area contributed by atoms with Crippen molar-refractivity contribution in [2.24, 2.45) is 5.92 Å². The van der Waals surface area contributed by atoms with Crippen molar-refractivity contribution in [3.8, 4) is 0 Å². The highest BCUT2D eigenvalue weighted by molar-refractivity contribution is 7.15. The van der Waals surface area contributed by atoms with E-state index in [2.05, 4.69) is 20.3 Å². The number of hydrogen-bond donors (Lipinski definition) is 1. The summed E-state index contributed by atoms with van der Waals surface area (Å²) >= 11 is 1.60. The summed E-state index contributed by atoms with van der Waals surface area (Å²) in [5.74, 6) is 2.04. The molecule has 0 bridgehead atoms. The number of anilines is 2. The molecule has 6 nitrogen and oxygen atoms in total. The molecule has 29 heavy (non-hydrogen) atoms. The second kappa shape index (κ2) is 8.69. The van der Waals surface area contributed by atoms with Crippen LogP contribution in [0.3, 0.4) is 0 Å². The van der Waals surface area contributed by atoms with Gasteiger partial charge in [0.2, 0.25) is 0 Å². The van der Waals surface area contributed by atoms with Gasteiger partial charge in [-0.15, -0.1) is 11.3 Å². The highest BCUT2D eigenvalue weighted by Crippen LogP contribution is 2.24. The van der Waals surface area contributed by atoms with Crippen molar-refractivity contribution in [2.45, 2.75) is 33.1 Å². The van der Waals surface area contributed by atoms with Crippen molar-refractivity contribution in [1.29, 1.82) is 0 Å². The fourth-order valence-corrected chi connectivity index (χ4v) is 4.47. The molecule has 1 saturated heterocycles. The summed E-state index contributed by atoms with van der Waals surface area (Å²) in [5.41, 5.74) is 1.77. The number of amides is 1. The molecule has 3 aromatic rings. The Kier molecular flexibility index (Phi) is 5.85. The number of aryl methyl sites for hydroxylation is 2. The number of carbonyl (C=O) groups is 1. The Hall–Kier alpha value is -2.80. The van der Waals surface area contributed by atoms with E-state index in [0.717, 1.165) is 65.3 Å². The first-order valence-corrected chi connectivity index (χ1v) is 10.8. The number of benzene rings is 1. The predicted octanol–water partition coefficient (Wildman–Crippen LogP) is 4.39. The lowest BCUT2D eigenvalue weighted by Gasteiger charge is -2.33. The molecule has 0 unspecified atom stereocenters. The zero-order valence-electron chi connectivity index (χ0n) is 16.8. The first-order chi connectivity index (χ1) is 14.1. The number of aromatic nitrogens is 3. The van der Waals surface area contributed by atoms with E-state index in [1.165, 1.54) is 0 Å². The van der Waals surface area contributed by atoms with Crippen LogP contribution in [-0.2, 0) is 6.42 Å². The van der Waals surface area contributed by atoms with Crippen LogP contribution in [0.15, 0.2) is 42.6 Å². The van der Waals surface area contributed by atoms with E-state index in [1.807, 2.05) is 61.3 Å². The number of likely N-dealkylation sites (tertiary alicyclic amines) is 1. The van der Waals surface area contributed by atoms with Gasteiger partial charge in [0, 0.05) is 41.5 Å². The molecule has 2 aromatic heterocycles. The van der Waals surface area contributed by atoms with Crippen molar-refractivity contribution in [3.05, 3.63) is 64.6 Å². The van der Waals surface area contributed by atoms with Gasteiger partial charge in [-0.3, -0.25) is 4.79 Å². The second-order valence-electron chi connectivity index (χ2n) is 7.52. The summed E-state index contributed by atoms with van der Waals surface area (Å²) in [5, 5.41) is 4.12. The molecule has 1 fully saturated rings. The standard InChI is InChI=1S/C22H25N5OS/c1-15-13-23-22(29-15)26-20-12-19(24-16(2)25-20)11-17-7-6-10-27(14-17)21(28)18-8-4-3-5-9-18/h3-5,8-9,12-13,17H,6-7,10-11,14H2,1-2H3,(H,23,24,25,26)/t17-/m1/s1. The van der Waals surface area contributed by atoms with E-state index in [0.29, 0.717) is 5.92 Å². The lowest BCUT2D eigenvalue weighted by atomic mass is 9.92. The van der Waals surface area contributed by atoms with E-state index in [1.54, 1.807) is 11.3 Å². The zero-order chi connectivity index (χ0) is 20.2. The Labute approximate surface area is 175 Å². The molecule has 3 heterocycles. The minimum atomic E-state index is 0.121. The van der Waals surface area contributed by atoms with Crippen molar-refractivity contribution in [3.63, 3.8) is 0 Å². The molecule has 1 N–H and O–H groups in total. The number of carbonyl (C=O) groups excluding carboxylic acids is 1. The highest BCUT2D eigenvalue weighted by atomic mass is 32.1. The Morgan fingerprint density at radius 3 is 2.83 bits per heavy atom. The van der Waals surface area contributed by atoms with Gasteiger partial charge in [-0.2, -0.15) is 0 Å². The number of thiazole rings is 1. The summed E-state index contributed by atoms with van der Waals surface area (Å²) in [7, 11) is 0. The third kappa shape index (κ3) is 4.98. The molecule has 1 aromatic carbocycles. The van der Waals surface area contributed by atoms with E-state index in [9.17, 15) is 4.79 Å². The van der Waals surface area contributed by atoms with Crippen LogP contribution in [0, 0.1) is 19.8 Å². The van der Waals surface area contributed by atoms with Crippen LogP contribution in [0.4, 0.5) is 10.9 Å². The topological polar surface area (TPSA) is 71.0 Å². The van der Waals surface area contributed by atoms with Crippen LogP contribution in [0.1, 0.15) is 39.6 Å². The molecule has 0 radical (unpaired) electrons. The van der Waals surface area contributed by atoms with E-state index < -0.39 is 0 Å². The third-order valence-electron chi connectivity index (χ3n) is 5.07. The molecule has 0 saturated carbocycles. The summed E-state index contributed by atoms with van der Waals surface area (Å²) in [6.45, 7) is 5.54. The molecule has 1 aliphatic rings. The van der Waals surface area contributed by atoms with Crippen molar-refractivity contribution >= 4 is 28.2 Å². The maximum absolute atomic E-state index is 12.8. The van der Waals surface area contributed by atoms with E-state index in [-0.39, 0.29) is 5.91 Å². The zero-order valence-corrected chi connectivity index (χ0v) is 17.6. The lowest BCUT2D eigenvalue weighted by Crippen LogP contribution is -2.40. The summed E-state index contributed by atoms with van der Waals surface area (Å²) in [6, 6.07) is 11.5. The summed E-state index contributed by atoms with van der Waals surface area (Å²) < 4.78 is 0. The van der Waals surface area contributed by atoms with E-state index in [4.69, 9.17) is 0 Å². The Balaban J connectivity index is 1.43.